The number of ether oxygens (including phenoxy) is 2. The third-order valence-corrected chi connectivity index (χ3v) is 7.05. The molecule has 4 rings (SSSR count). The lowest BCUT2D eigenvalue weighted by molar-refractivity contribution is -0.143. The van der Waals surface area contributed by atoms with Gasteiger partial charge in [-0.3, -0.25) is 4.90 Å². The first-order chi connectivity index (χ1) is 19.3. The van der Waals surface area contributed by atoms with Gasteiger partial charge >= 0.3 is 18.4 Å². The maximum absolute atomic E-state index is 13.5. The van der Waals surface area contributed by atoms with Crippen LogP contribution in [-0.4, -0.2) is 17.6 Å². The summed E-state index contributed by atoms with van der Waals surface area (Å²) in [4.78, 5) is 14.8. The minimum atomic E-state index is -4.98. The Hall–Kier alpha value is -3.79. The molecule has 41 heavy (non-hydrogen) atoms. The summed E-state index contributed by atoms with van der Waals surface area (Å²) in [5.41, 5.74) is -2.82. The number of allylic oxidation sites excluding steroid dienone is 1. The molecule has 0 spiro atoms. The molecule has 1 unspecified atom stereocenters. The van der Waals surface area contributed by atoms with E-state index >= 15 is 0 Å². The molecule has 1 amide bonds. The van der Waals surface area contributed by atoms with Gasteiger partial charge in [-0.05, 0) is 54.2 Å². The Kier molecular flexibility index (Phi) is 8.82. The lowest BCUT2D eigenvalue weighted by atomic mass is 9.79. The van der Waals surface area contributed by atoms with Crippen LogP contribution in [0.25, 0.3) is 0 Å². The van der Waals surface area contributed by atoms with Crippen molar-refractivity contribution in [3.8, 4) is 0 Å². The molecule has 3 atom stereocenters. The minimum Gasteiger partial charge on any atom is -0.444 e. The van der Waals surface area contributed by atoms with Gasteiger partial charge < -0.3 is 9.47 Å². The Morgan fingerprint density at radius 3 is 2.05 bits per heavy atom. The van der Waals surface area contributed by atoms with Crippen LogP contribution < -0.4 is 0 Å². The number of amides is 1. The molecule has 0 bridgehead atoms. The maximum atomic E-state index is 13.5. The fourth-order valence-electron chi connectivity index (χ4n) is 4.89. The van der Waals surface area contributed by atoms with Crippen LogP contribution in [0.15, 0.2) is 91.1 Å². The molecule has 1 aliphatic rings. The number of nitrogens with zero attached hydrogens (tertiary/aromatic N) is 1. The molecule has 0 N–H and O–H groups in total. The second-order valence-corrected chi connectivity index (χ2v) is 10.1. The van der Waals surface area contributed by atoms with E-state index in [4.69, 9.17) is 9.47 Å². The number of alkyl halides is 6. The standard InChI is InChI=1S/C31H29F6NO3/c1-21-13-14-38(28(39)40-19-23-9-5-3-6-10-23)29(18-21,25-11-7-4-8-12-25)20-41-22(2)24-15-26(30(32,33)34)17-27(16-24)31(35,36)37/h3-17,21-22H,18-20H2,1-2H3/t21?,22-,29-/m1/s1. The first-order valence-electron chi connectivity index (χ1n) is 12.9. The molecule has 4 nitrogen and oxygen atoms in total. The topological polar surface area (TPSA) is 38.8 Å². The highest BCUT2D eigenvalue weighted by Gasteiger charge is 2.45. The van der Waals surface area contributed by atoms with Crippen molar-refractivity contribution in [3.63, 3.8) is 0 Å². The lowest BCUT2D eigenvalue weighted by Gasteiger charge is -2.46. The van der Waals surface area contributed by atoms with Crippen LogP contribution >= 0.6 is 0 Å². The second-order valence-electron chi connectivity index (χ2n) is 10.1. The summed E-state index contributed by atoms with van der Waals surface area (Å²) in [7, 11) is 0. The van der Waals surface area contributed by atoms with E-state index in [1.165, 1.54) is 11.8 Å². The van der Waals surface area contributed by atoms with Crippen LogP contribution in [0, 0.1) is 5.92 Å². The zero-order chi connectivity index (χ0) is 29.8. The highest BCUT2D eigenvalue weighted by atomic mass is 19.4. The monoisotopic (exact) mass is 577 g/mol. The van der Waals surface area contributed by atoms with E-state index < -0.39 is 41.2 Å². The van der Waals surface area contributed by atoms with Gasteiger partial charge in [-0.1, -0.05) is 73.7 Å². The molecule has 0 saturated heterocycles. The Balaban J connectivity index is 1.67. The predicted octanol–water partition coefficient (Wildman–Crippen LogP) is 8.89. The zero-order valence-corrected chi connectivity index (χ0v) is 22.4. The van der Waals surface area contributed by atoms with Crippen LogP contribution in [0.4, 0.5) is 31.1 Å². The van der Waals surface area contributed by atoms with Crippen LogP contribution in [0.3, 0.4) is 0 Å². The zero-order valence-electron chi connectivity index (χ0n) is 22.4. The normalized spacial score (nSPS) is 20.1. The Morgan fingerprint density at radius 2 is 1.49 bits per heavy atom. The molecular formula is C31H29F6NO3. The van der Waals surface area contributed by atoms with Gasteiger partial charge in [0.15, 0.2) is 0 Å². The lowest BCUT2D eigenvalue weighted by Crippen LogP contribution is -2.52. The summed E-state index contributed by atoms with van der Waals surface area (Å²) >= 11 is 0. The molecule has 0 aliphatic carbocycles. The first-order valence-corrected chi connectivity index (χ1v) is 12.9. The number of halogens is 6. The largest absolute Gasteiger partial charge is 0.444 e. The number of benzene rings is 3. The van der Waals surface area contributed by atoms with E-state index in [-0.39, 0.29) is 30.8 Å². The van der Waals surface area contributed by atoms with E-state index in [1.54, 1.807) is 48.7 Å². The van der Waals surface area contributed by atoms with Crippen LogP contribution in [0.5, 0.6) is 0 Å². The molecule has 1 heterocycles. The van der Waals surface area contributed by atoms with E-state index in [1.807, 2.05) is 31.2 Å². The van der Waals surface area contributed by atoms with Gasteiger partial charge in [0.1, 0.15) is 6.61 Å². The molecule has 0 fully saturated rings. The van der Waals surface area contributed by atoms with Gasteiger partial charge in [-0.2, -0.15) is 26.3 Å². The van der Waals surface area contributed by atoms with Crippen molar-refractivity contribution in [2.45, 2.75) is 50.9 Å². The van der Waals surface area contributed by atoms with E-state index in [0.717, 1.165) is 5.56 Å². The van der Waals surface area contributed by atoms with E-state index in [9.17, 15) is 31.1 Å². The van der Waals surface area contributed by atoms with Gasteiger partial charge in [-0.25, -0.2) is 4.79 Å². The van der Waals surface area contributed by atoms with Gasteiger partial charge in [0, 0.05) is 6.20 Å². The molecule has 218 valence electrons. The van der Waals surface area contributed by atoms with Crippen molar-refractivity contribution in [2.75, 3.05) is 6.61 Å². The van der Waals surface area contributed by atoms with E-state index in [0.29, 0.717) is 24.1 Å². The average molecular weight is 578 g/mol. The predicted molar refractivity (Wildman–Crippen MR) is 140 cm³/mol. The van der Waals surface area contributed by atoms with Gasteiger partial charge in [-0.15, -0.1) is 0 Å². The summed E-state index contributed by atoms with van der Waals surface area (Å²) in [6.07, 6.45) is -8.01. The van der Waals surface area contributed by atoms with Crippen molar-refractivity contribution in [2.24, 2.45) is 5.92 Å². The number of carbonyl (C=O) groups excluding carboxylic acids is 1. The highest BCUT2D eigenvalue weighted by Crippen LogP contribution is 2.42. The number of hydrogen-bond donors (Lipinski definition) is 0. The maximum Gasteiger partial charge on any atom is 0.416 e. The summed E-state index contributed by atoms with van der Waals surface area (Å²) in [5, 5.41) is 0. The fourth-order valence-corrected chi connectivity index (χ4v) is 4.89. The number of hydrogen-bond acceptors (Lipinski definition) is 3. The van der Waals surface area contributed by atoms with Crippen molar-refractivity contribution in [1.82, 2.24) is 4.90 Å². The third kappa shape index (κ3) is 7.11. The summed E-state index contributed by atoms with van der Waals surface area (Å²) in [6, 6.07) is 19.4. The average Bonchev–Trinajstić information content (AvgIpc) is 2.94. The molecule has 0 aromatic heterocycles. The second kappa shape index (κ2) is 12.0. The van der Waals surface area contributed by atoms with Crippen molar-refractivity contribution in [3.05, 3.63) is 119 Å². The summed E-state index contributed by atoms with van der Waals surface area (Å²) < 4.78 is 92.4. The Morgan fingerprint density at radius 1 is 0.927 bits per heavy atom. The quantitative estimate of drug-likeness (QED) is 0.263. The number of rotatable bonds is 7. The molecule has 1 aliphatic heterocycles. The van der Waals surface area contributed by atoms with Gasteiger partial charge in [0.25, 0.3) is 0 Å². The molecule has 0 radical (unpaired) electrons. The molecule has 0 saturated carbocycles. The summed E-state index contributed by atoms with van der Waals surface area (Å²) in [6.45, 7) is 3.11. The van der Waals surface area contributed by atoms with Gasteiger partial charge in [0.05, 0.1) is 29.4 Å². The smallest absolute Gasteiger partial charge is 0.416 e. The molecule has 3 aromatic rings. The number of carbonyl (C=O) groups is 1. The van der Waals surface area contributed by atoms with Gasteiger partial charge in [0.2, 0.25) is 0 Å². The first kappa shape index (κ1) is 30.2. The van der Waals surface area contributed by atoms with Crippen LogP contribution in [0.2, 0.25) is 0 Å². The van der Waals surface area contributed by atoms with Crippen molar-refractivity contribution in [1.29, 1.82) is 0 Å². The molecular weight excluding hydrogens is 548 g/mol. The van der Waals surface area contributed by atoms with Crippen molar-refractivity contribution >= 4 is 6.09 Å². The van der Waals surface area contributed by atoms with Crippen LogP contribution in [0.1, 0.15) is 54.2 Å². The SMILES string of the molecule is CC1C=CN(C(=O)OCc2ccccc2)[C@](CO[C@H](C)c2cc(C(F)(F)F)cc(C(F)(F)F)c2)(c2ccccc2)C1. The molecule has 3 aromatic carbocycles. The Labute approximate surface area is 234 Å². The third-order valence-electron chi connectivity index (χ3n) is 7.05. The summed E-state index contributed by atoms with van der Waals surface area (Å²) in [5.74, 6) is -0.0299. The van der Waals surface area contributed by atoms with E-state index in [2.05, 4.69) is 0 Å². The van der Waals surface area contributed by atoms with Crippen LogP contribution in [-0.2, 0) is 34.0 Å². The Bertz CT molecular complexity index is 1330. The molecule has 10 heteroatoms. The minimum absolute atomic E-state index is 0.00610. The van der Waals surface area contributed by atoms with Crippen molar-refractivity contribution < 1.29 is 40.6 Å². The highest BCUT2D eigenvalue weighted by molar-refractivity contribution is 5.71. The fraction of sp³-hybridized carbons (Fsp3) is 0.323.